The number of hydrogen-bond acceptors (Lipinski definition) is 6. The Bertz CT molecular complexity index is 986. The SMILES string of the molecule is CC(C)n1cnnc1-c1cccc(NC(=O)c2cc3c(cn2)CCNC3)n1.Cl. The Morgan fingerprint density at radius 2 is 2.14 bits per heavy atom. The second kappa shape index (κ2) is 8.45. The molecule has 0 fully saturated rings. The van der Waals surface area contributed by atoms with Crippen molar-refractivity contribution in [3.63, 3.8) is 0 Å². The summed E-state index contributed by atoms with van der Waals surface area (Å²) in [6.07, 6.45) is 4.41. The summed E-state index contributed by atoms with van der Waals surface area (Å²) in [6, 6.07) is 7.49. The Labute approximate surface area is 169 Å². The lowest BCUT2D eigenvalue weighted by Gasteiger charge is -2.17. The summed E-state index contributed by atoms with van der Waals surface area (Å²) in [5, 5.41) is 14.3. The predicted octanol–water partition coefficient (Wildman–Crippen LogP) is 2.64. The standard InChI is InChI=1S/C19H21N7O.ClH/c1-12(2)26-11-22-25-18(26)15-4-3-5-17(23-15)24-19(27)16-8-14-9-20-7-6-13(14)10-21-16;/h3-5,8,10-12,20H,6-7,9H2,1-2H3,(H,23,24,27);1H. The van der Waals surface area contributed by atoms with E-state index in [1.54, 1.807) is 18.6 Å². The van der Waals surface area contributed by atoms with Gasteiger partial charge in [-0.05, 0) is 56.1 Å². The van der Waals surface area contributed by atoms with Crippen LogP contribution < -0.4 is 10.6 Å². The average Bonchev–Trinajstić information content (AvgIpc) is 3.18. The molecule has 0 atom stereocenters. The van der Waals surface area contributed by atoms with Crippen LogP contribution in [0.15, 0.2) is 36.8 Å². The van der Waals surface area contributed by atoms with Crippen molar-refractivity contribution < 1.29 is 4.79 Å². The summed E-state index contributed by atoms with van der Waals surface area (Å²) in [7, 11) is 0. The maximum absolute atomic E-state index is 12.6. The highest BCUT2D eigenvalue weighted by atomic mass is 35.5. The highest BCUT2D eigenvalue weighted by Gasteiger charge is 2.16. The first kappa shape index (κ1) is 19.9. The number of fused-ring (bicyclic) bond motifs is 1. The van der Waals surface area contributed by atoms with Crippen molar-refractivity contribution in [1.29, 1.82) is 0 Å². The molecule has 0 unspecified atom stereocenters. The Balaban J connectivity index is 0.00000225. The number of carbonyl (C=O) groups is 1. The second-order valence-electron chi connectivity index (χ2n) is 6.78. The molecule has 0 aromatic carbocycles. The Hall–Kier alpha value is -2.84. The molecule has 4 rings (SSSR count). The van der Waals surface area contributed by atoms with Crippen LogP contribution in [0.2, 0.25) is 0 Å². The quantitative estimate of drug-likeness (QED) is 0.699. The largest absolute Gasteiger partial charge is 0.312 e. The smallest absolute Gasteiger partial charge is 0.275 e. The van der Waals surface area contributed by atoms with Crippen molar-refractivity contribution in [3.8, 4) is 11.5 Å². The molecule has 28 heavy (non-hydrogen) atoms. The molecule has 4 heterocycles. The lowest BCUT2D eigenvalue weighted by atomic mass is 10.0. The normalized spacial score (nSPS) is 13.0. The van der Waals surface area contributed by atoms with Crippen molar-refractivity contribution >= 4 is 24.1 Å². The molecule has 146 valence electrons. The number of aromatic nitrogens is 5. The van der Waals surface area contributed by atoms with Crippen LogP contribution in [-0.4, -0.2) is 37.2 Å². The molecular weight excluding hydrogens is 378 g/mol. The zero-order valence-electron chi connectivity index (χ0n) is 15.7. The third-order valence-electron chi connectivity index (χ3n) is 4.55. The number of hydrogen-bond donors (Lipinski definition) is 2. The number of pyridine rings is 2. The van der Waals surface area contributed by atoms with Gasteiger partial charge in [-0.1, -0.05) is 6.07 Å². The molecule has 9 heteroatoms. The molecule has 3 aromatic heterocycles. The molecule has 1 amide bonds. The first-order chi connectivity index (χ1) is 13.1. The summed E-state index contributed by atoms with van der Waals surface area (Å²) < 4.78 is 1.94. The number of anilines is 1. The van der Waals surface area contributed by atoms with Crippen LogP contribution in [0.4, 0.5) is 5.82 Å². The van der Waals surface area contributed by atoms with Crippen LogP contribution >= 0.6 is 12.4 Å². The molecule has 2 N–H and O–H groups in total. The van der Waals surface area contributed by atoms with Gasteiger partial charge in [-0.2, -0.15) is 0 Å². The van der Waals surface area contributed by atoms with Gasteiger partial charge in [0.2, 0.25) is 0 Å². The number of nitrogens with zero attached hydrogens (tertiary/aromatic N) is 5. The molecule has 0 saturated heterocycles. The number of rotatable bonds is 4. The Morgan fingerprint density at radius 3 is 2.96 bits per heavy atom. The lowest BCUT2D eigenvalue weighted by Crippen LogP contribution is -2.25. The predicted molar refractivity (Wildman–Crippen MR) is 108 cm³/mol. The summed E-state index contributed by atoms with van der Waals surface area (Å²) in [5.41, 5.74) is 3.35. The number of amides is 1. The van der Waals surface area contributed by atoms with Gasteiger partial charge in [0, 0.05) is 18.8 Å². The summed E-state index contributed by atoms with van der Waals surface area (Å²) >= 11 is 0. The van der Waals surface area contributed by atoms with Gasteiger partial charge in [0.1, 0.15) is 23.5 Å². The highest BCUT2D eigenvalue weighted by molar-refractivity contribution is 6.02. The minimum Gasteiger partial charge on any atom is -0.312 e. The van der Waals surface area contributed by atoms with E-state index in [2.05, 4.69) is 44.6 Å². The van der Waals surface area contributed by atoms with Crippen LogP contribution in [0.3, 0.4) is 0 Å². The van der Waals surface area contributed by atoms with Gasteiger partial charge in [-0.15, -0.1) is 22.6 Å². The minimum absolute atomic E-state index is 0. The molecular formula is C19H22ClN7O. The maximum atomic E-state index is 12.6. The molecule has 0 spiro atoms. The number of halogens is 1. The summed E-state index contributed by atoms with van der Waals surface area (Å²) in [4.78, 5) is 21.4. The highest BCUT2D eigenvalue weighted by Crippen LogP contribution is 2.20. The van der Waals surface area contributed by atoms with E-state index < -0.39 is 0 Å². The minimum atomic E-state index is -0.279. The summed E-state index contributed by atoms with van der Waals surface area (Å²) in [6.45, 7) is 5.80. The van der Waals surface area contributed by atoms with E-state index in [-0.39, 0.29) is 24.4 Å². The van der Waals surface area contributed by atoms with E-state index >= 15 is 0 Å². The Morgan fingerprint density at radius 1 is 1.29 bits per heavy atom. The van der Waals surface area contributed by atoms with Gasteiger partial charge in [-0.3, -0.25) is 9.78 Å². The van der Waals surface area contributed by atoms with Crippen LogP contribution in [-0.2, 0) is 13.0 Å². The van der Waals surface area contributed by atoms with Crippen molar-refractivity contribution in [1.82, 2.24) is 30.0 Å². The third-order valence-corrected chi connectivity index (χ3v) is 4.55. The first-order valence-corrected chi connectivity index (χ1v) is 8.98. The third kappa shape index (κ3) is 4.02. The molecule has 0 bridgehead atoms. The monoisotopic (exact) mass is 399 g/mol. The summed E-state index contributed by atoms with van der Waals surface area (Å²) in [5.74, 6) is 0.839. The van der Waals surface area contributed by atoms with E-state index in [0.717, 1.165) is 25.1 Å². The van der Waals surface area contributed by atoms with Crippen LogP contribution in [0.25, 0.3) is 11.5 Å². The molecule has 0 saturated carbocycles. The van der Waals surface area contributed by atoms with E-state index in [4.69, 9.17) is 0 Å². The van der Waals surface area contributed by atoms with Crippen LogP contribution in [0.1, 0.15) is 41.5 Å². The van der Waals surface area contributed by atoms with Crippen LogP contribution in [0.5, 0.6) is 0 Å². The van der Waals surface area contributed by atoms with Crippen molar-refractivity contribution in [3.05, 3.63) is 53.6 Å². The molecule has 1 aliphatic heterocycles. The van der Waals surface area contributed by atoms with Gasteiger partial charge >= 0.3 is 0 Å². The fourth-order valence-electron chi connectivity index (χ4n) is 3.10. The maximum Gasteiger partial charge on any atom is 0.275 e. The van der Waals surface area contributed by atoms with Gasteiger partial charge in [0.05, 0.1) is 0 Å². The van der Waals surface area contributed by atoms with Crippen molar-refractivity contribution in [2.24, 2.45) is 0 Å². The number of carbonyl (C=O) groups excluding carboxylic acids is 1. The molecule has 0 aliphatic carbocycles. The van der Waals surface area contributed by atoms with Crippen molar-refractivity contribution in [2.45, 2.75) is 32.9 Å². The fraction of sp³-hybridized carbons (Fsp3) is 0.316. The van der Waals surface area contributed by atoms with E-state index in [0.29, 0.717) is 23.0 Å². The zero-order valence-corrected chi connectivity index (χ0v) is 16.5. The lowest BCUT2D eigenvalue weighted by molar-refractivity contribution is 0.102. The zero-order chi connectivity index (χ0) is 18.8. The topological polar surface area (TPSA) is 97.6 Å². The van der Waals surface area contributed by atoms with E-state index in [9.17, 15) is 4.79 Å². The second-order valence-corrected chi connectivity index (χ2v) is 6.78. The first-order valence-electron chi connectivity index (χ1n) is 8.98. The number of nitrogens with one attached hydrogen (secondary N) is 2. The molecule has 1 aliphatic rings. The Kier molecular flexibility index (Phi) is 6.01. The average molecular weight is 400 g/mol. The van der Waals surface area contributed by atoms with Gasteiger partial charge in [0.25, 0.3) is 5.91 Å². The molecule has 0 radical (unpaired) electrons. The van der Waals surface area contributed by atoms with Gasteiger partial charge in [-0.25, -0.2) is 4.98 Å². The van der Waals surface area contributed by atoms with Gasteiger partial charge in [0.15, 0.2) is 5.82 Å². The van der Waals surface area contributed by atoms with E-state index in [1.807, 2.05) is 22.8 Å². The molecule has 8 nitrogen and oxygen atoms in total. The van der Waals surface area contributed by atoms with E-state index in [1.165, 1.54) is 5.56 Å². The fourth-order valence-corrected chi connectivity index (χ4v) is 3.10. The van der Waals surface area contributed by atoms with Crippen LogP contribution in [0, 0.1) is 0 Å². The molecule has 3 aromatic rings. The van der Waals surface area contributed by atoms with Gasteiger partial charge < -0.3 is 15.2 Å². The van der Waals surface area contributed by atoms with Crippen molar-refractivity contribution in [2.75, 3.05) is 11.9 Å².